The summed E-state index contributed by atoms with van der Waals surface area (Å²) in [5.74, 6) is 6.91. The summed E-state index contributed by atoms with van der Waals surface area (Å²) in [5.41, 5.74) is 1.26. The van der Waals surface area contributed by atoms with E-state index in [1.54, 1.807) is 7.11 Å². The number of rotatable bonds is 2. The Bertz CT molecular complexity index is 462. The van der Waals surface area contributed by atoms with Gasteiger partial charge in [-0.3, -0.25) is 4.90 Å². The molecule has 1 saturated heterocycles. The van der Waals surface area contributed by atoms with E-state index in [9.17, 15) is 0 Å². The molecule has 1 aromatic rings. The maximum atomic E-state index is 5.95. The van der Waals surface area contributed by atoms with Crippen LogP contribution in [-0.2, 0) is 6.54 Å². The molecule has 0 unspecified atom stereocenters. The van der Waals surface area contributed by atoms with Gasteiger partial charge in [-0.05, 0) is 12.5 Å². The molecule has 1 aromatic carbocycles. The zero-order valence-corrected chi connectivity index (χ0v) is 14.2. The molecule has 3 nitrogen and oxygen atoms in total. The molecule has 0 amide bonds. The second-order valence-corrected chi connectivity index (χ2v) is 7.72. The van der Waals surface area contributed by atoms with Crippen LogP contribution < -0.4 is 9.47 Å². The van der Waals surface area contributed by atoms with Gasteiger partial charge in [0.15, 0.2) is 11.5 Å². The fourth-order valence-corrected chi connectivity index (χ4v) is 5.50. The lowest BCUT2D eigenvalue weighted by atomic mass is 10.1. The van der Waals surface area contributed by atoms with Gasteiger partial charge < -0.3 is 9.47 Å². The highest BCUT2D eigenvalue weighted by Gasteiger charge is 2.24. The van der Waals surface area contributed by atoms with Crippen molar-refractivity contribution in [3.63, 3.8) is 0 Å². The van der Waals surface area contributed by atoms with Crippen molar-refractivity contribution in [1.29, 1.82) is 0 Å². The standard InChI is InChI=1S/C16H23NO2S2/c1-18-15-5-2-4-13-10-17(6-3-7-19-16(13)15)14-11-20-8-9-21-12-14/h2,4-5,14H,3,6-12H2,1H3. The quantitative estimate of drug-likeness (QED) is 0.831. The minimum atomic E-state index is 0.680. The van der Waals surface area contributed by atoms with E-state index in [0.29, 0.717) is 6.04 Å². The summed E-state index contributed by atoms with van der Waals surface area (Å²) in [5, 5.41) is 0. The number of benzene rings is 1. The molecule has 0 radical (unpaired) electrons. The lowest BCUT2D eigenvalue weighted by Gasteiger charge is -2.33. The monoisotopic (exact) mass is 325 g/mol. The first-order valence-electron chi connectivity index (χ1n) is 7.56. The van der Waals surface area contributed by atoms with E-state index in [1.807, 2.05) is 6.07 Å². The predicted octanol–water partition coefficient (Wildman–Crippen LogP) is 3.13. The van der Waals surface area contributed by atoms with Crippen LogP contribution in [-0.4, -0.2) is 54.2 Å². The van der Waals surface area contributed by atoms with Gasteiger partial charge in [0.1, 0.15) is 0 Å². The predicted molar refractivity (Wildman–Crippen MR) is 92.0 cm³/mol. The average molecular weight is 325 g/mol. The minimum Gasteiger partial charge on any atom is -0.493 e. The van der Waals surface area contributed by atoms with Crippen LogP contribution in [0.2, 0.25) is 0 Å². The Labute approximate surface area is 135 Å². The topological polar surface area (TPSA) is 21.7 Å². The molecule has 2 aliphatic heterocycles. The third kappa shape index (κ3) is 3.82. The van der Waals surface area contributed by atoms with E-state index in [4.69, 9.17) is 9.47 Å². The summed E-state index contributed by atoms with van der Waals surface area (Å²) >= 11 is 4.20. The molecule has 2 heterocycles. The van der Waals surface area contributed by atoms with Crippen molar-refractivity contribution in [2.75, 3.05) is 43.3 Å². The van der Waals surface area contributed by atoms with E-state index < -0.39 is 0 Å². The minimum absolute atomic E-state index is 0.680. The van der Waals surface area contributed by atoms with Crippen LogP contribution >= 0.6 is 23.5 Å². The summed E-state index contributed by atoms with van der Waals surface area (Å²) in [6.07, 6.45) is 1.09. The Morgan fingerprint density at radius 2 is 2.05 bits per heavy atom. The van der Waals surface area contributed by atoms with Crippen LogP contribution in [0.3, 0.4) is 0 Å². The molecule has 0 spiro atoms. The van der Waals surface area contributed by atoms with E-state index in [2.05, 4.69) is 40.6 Å². The van der Waals surface area contributed by atoms with E-state index in [1.165, 1.54) is 28.6 Å². The molecule has 0 aromatic heterocycles. The third-order valence-corrected chi connectivity index (χ3v) is 6.48. The number of hydrogen-bond donors (Lipinski definition) is 0. The molecule has 0 bridgehead atoms. The van der Waals surface area contributed by atoms with Crippen molar-refractivity contribution in [2.45, 2.75) is 19.0 Å². The smallest absolute Gasteiger partial charge is 0.165 e. The summed E-state index contributed by atoms with van der Waals surface area (Å²) in [4.78, 5) is 2.64. The van der Waals surface area contributed by atoms with Gasteiger partial charge in [0.2, 0.25) is 0 Å². The van der Waals surface area contributed by atoms with Crippen LogP contribution in [0, 0.1) is 0 Å². The molecule has 1 fully saturated rings. The average Bonchev–Trinajstić information content (AvgIpc) is 2.76. The van der Waals surface area contributed by atoms with Crippen molar-refractivity contribution >= 4 is 23.5 Å². The lowest BCUT2D eigenvalue weighted by Crippen LogP contribution is -2.40. The number of methoxy groups -OCH3 is 1. The zero-order chi connectivity index (χ0) is 14.5. The van der Waals surface area contributed by atoms with Crippen molar-refractivity contribution < 1.29 is 9.47 Å². The fourth-order valence-electron chi connectivity index (χ4n) is 2.88. The highest BCUT2D eigenvalue weighted by molar-refractivity contribution is 8.03. The lowest BCUT2D eigenvalue weighted by molar-refractivity contribution is 0.174. The van der Waals surface area contributed by atoms with Crippen molar-refractivity contribution in [3.05, 3.63) is 23.8 Å². The molecule has 5 heteroatoms. The second-order valence-electron chi connectivity index (χ2n) is 5.42. The van der Waals surface area contributed by atoms with Gasteiger partial charge in [-0.2, -0.15) is 23.5 Å². The van der Waals surface area contributed by atoms with Crippen molar-refractivity contribution in [2.24, 2.45) is 0 Å². The largest absolute Gasteiger partial charge is 0.493 e. The van der Waals surface area contributed by atoms with E-state index in [-0.39, 0.29) is 0 Å². The maximum absolute atomic E-state index is 5.95. The third-order valence-electron chi connectivity index (χ3n) is 4.00. The van der Waals surface area contributed by atoms with E-state index in [0.717, 1.165) is 37.6 Å². The van der Waals surface area contributed by atoms with Gasteiger partial charge >= 0.3 is 0 Å². The SMILES string of the molecule is COc1cccc2c1OCCCN(C1CSCCSC1)C2. The Kier molecular flexibility index (Phi) is 5.61. The Hall–Kier alpha value is -0.520. The van der Waals surface area contributed by atoms with Gasteiger partial charge in [-0.1, -0.05) is 12.1 Å². The fraction of sp³-hybridized carbons (Fsp3) is 0.625. The molecule has 116 valence electrons. The Morgan fingerprint density at radius 1 is 1.24 bits per heavy atom. The number of hydrogen-bond acceptors (Lipinski definition) is 5. The van der Waals surface area contributed by atoms with Crippen LogP contribution in [0.1, 0.15) is 12.0 Å². The number of thioether (sulfide) groups is 2. The van der Waals surface area contributed by atoms with Crippen molar-refractivity contribution in [3.8, 4) is 11.5 Å². The number of para-hydroxylation sites is 1. The molecular formula is C16H23NO2S2. The molecule has 21 heavy (non-hydrogen) atoms. The molecular weight excluding hydrogens is 302 g/mol. The molecule has 0 saturated carbocycles. The molecule has 2 aliphatic rings. The van der Waals surface area contributed by atoms with Gasteiger partial charge in [0.05, 0.1) is 13.7 Å². The number of fused-ring (bicyclic) bond motifs is 1. The first kappa shape index (κ1) is 15.4. The molecule has 0 aliphatic carbocycles. The van der Waals surface area contributed by atoms with Gasteiger partial charge in [-0.15, -0.1) is 0 Å². The van der Waals surface area contributed by atoms with Gasteiger partial charge in [0.25, 0.3) is 0 Å². The number of ether oxygens (including phenoxy) is 2. The highest BCUT2D eigenvalue weighted by Crippen LogP contribution is 2.34. The first-order chi connectivity index (χ1) is 10.4. The first-order valence-corrected chi connectivity index (χ1v) is 9.87. The summed E-state index contributed by atoms with van der Waals surface area (Å²) < 4.78 is 11.4. The van der Waals surface area contributed by atoms with Crippen molar-refractivity contribution in [1.82, 2.24) is 4.90 Å². The summed E-state index contributed by atoms with van der Waals surface area (Å²) in [7, 11) is 1.72. The normalized spacial score (nSPS) is 21.6. The maximum Gasteiger partial charge on any atom is 0.165 e. The zero-order valence-electron chi connectivity index (χ0n) is 12.5. The Balaban J connectivity index is 1.80. The molecule has 3 rings (SSSR count). The van der Waals surface area contributed by atoms with Crippen LogP contribution in [0.4, 0.5) is 0 Å². The summed E-state index contributed by atoms with van der Waals surface area (Å²) in [6, 6.07) is 6.91. The number of nitrogens with zero attached hydrogens (tertiary/aromatic N) is 1. The summed E-state index contributed by atoms with van der Waals surface area (Å²) in [6.45, 7) is 2.87. The highest BCUT2D eigenvalue weighted by atomic mass is 32.2. The molecule has 0 atom stereocenters. The second kappa shape index (κ2) is 7.65. The van der Waals surface area contributed by atoms with Crippen LogP contribution in [0.5, 0.6) is 11.5 Å². The van der Waals surface area contributed by atoms with Crippen LogP contribution in [0.15, 0.2) is 18.2 Å². The van der Waals surface area contributed by atoms with Gasteiger partial charge in [-0.25, -0.2) is 0 Å². The van der Waals surface area contributed by atoms with Crippen LogP contribution in [0.25, 0.3) is 0 Å². The Morgan fingerprint density at radius 3 is 2.81 bits per heavy atom. The van der Waals surface area contributed by atoms with E-state index >= 15 is 0 Å². The molecule has 0 N–H and O–H groups in total. The van der Waals surface area contributed by atoms with Gasteiger partial charge in [0, 0.05) is 47.7 Å².